The standard InChI is InChI=1S/C18H12N2O6/c21-17(11-5-13-1-7-15(8-2-13)19(23)24)18(22)12-6-14-3-9-16(10-4-14)20(25)26/h1-12H/b11-5+,12-6+. The van der Waals surface area contributed by atoms with Crippen molar-refractivity contribution in [3.05, 3.63) is 92.0 Å². The summed E-state index contributed by atoms with van der Waals surface area (Å²) in [6, 6.07) is 11.0. The molecule has 8 heteroatoms. The molecule has 0 amide bonds. The Morgan fingerprint density at radius 3 is 1.23 bits per heavy atom. The largest absolute Gasteiger partial charge is 0.286 e. The molecule has 2 rings (SSSR count). The molecular weight excluding hydrogens is 340 g/mol. The molecule has 0 spiro atoms. The molecule has 0 aromatic heterocycles. The van der Waals surface area contributed by atoms with E-state index in [0.717, 1.165) is 12.2 Å². The van der Waals surface area contributed by atoms with E-state index in [1.807, 2.05) is 0 Å². The van der Waals surface area contributed by atoms with Crippen LogP contribution in [-0.4, -0.2) is 21.4 Å². The first kappa shape index (κ1) is 18.4. The smallest absolute Gasteiger partial charge is 0.269 e. The highest BCUT2D eigenvalue weighted by molar-refractivity contribution is 6.46. The maximum atomic E-state index is 11.8. The van der Waals surface area contributed by atoms with Crippen LogP contribution < -0.4 is 0 Å². The lowest BCUT2D eigenvalue weighted by molar-refractivity contribution is -0.385. The van der Waals surface area contributed by atoms with Crippen molar-refractivity contribution in [1.82, 2.24) is 0 Å². The monoisotopic (exact) mass is 352 g/mol. The number of carbonyl (C=O) groups is 2. The van der Waals surface area contributed by atoms with Crippen LogP contribution in [0.25, 0.3) is 12.2 Å². The summed E-state index contributed by atoms with van der Waals surface area (Å²) in [4.78, 5) is 43.6. The molecule has 0 unspecified atom stereocenters. The van der Waals surface area contributed by atoms with E-state index >= 15 is 0 Å². The van der Waals surface area contributed by atoms with E-state index in [2.05, 4.69) is 0 Å². The van der Waals surface area contributed by atoms with Crippen molar-refractivity contribution < 1.29 is 19.4 Å². The van der Waals surface area contributed by atoms with Gasteiger partial charge in [-0.3, -0.25) is 29.8 Å². The van der Waals surface area contributed by atoms with Crippen molar-refractivity contribution in [3.63, 3.8) is 0 Å². The second-order valence-corrected chi connectivity index (χ2v) is 5.09. The Hall–Kier alpha value is -3.94. The predicted molar refractivity (Wildman–Crippen MR) is 94.3 cm³/mol. The highest BCUT2D eigenvalue weighted by atomic mass is 16.6. The van der Waals surface area contributed by atoms with Gasteiger partial charge in [0, 0.05) is 24.3 Å². The van der Waals surface area contributed by atoms with Gasteiger partial charge in [0.1, 0.15) is 0 Å². The van der Waals surface area contributed by atoms with Gasteiger partial charge in [0.25, 0.3) is 11.4 Å². The fourth-order valence-electron chi connectivity index (χ4n) is 1.92. The molecule has 0 atom stereocenters. The fraction of sp³-hybridized carbons (Fsp3) is 0. The maximum absolute atomic E-state index is 11.8. The first-order valence-corrected chi connectivity index (χ1v) is 7.30. The molecule has 2 aromatic rings. The van der Waals surface area contributed by atoms with E-state index in [4.69, 9.17) is 0 Å². The van der Waals surface area contributed by atoms with E-state index in [-0.39, 0.29) is 11.4 Å². The van der Waals surface area contributed by atoms with E-state index in [9.17, 15) is 29.8 Å². The van der Waals surface area contributed by atoms with Gasteiger partial charge in [-0.2, -0.15) is 0 Å². The fourth-order valence-corrected chi connectivity index (χ4v) is 1.92. The summed E-state index contributed by atoms with van der Waals surface area (Å²) in [5.41, 5.74) is 0.929. The first-order valence-electron chi connectivity index (χ1n) is 7.30. The number of benzene rings is 2. The van der Waals surface area contributed by atoms with Gasteiger partial charge in [-0.15, -0.1) is 0 Å². The van der Waals surface area contributed by atoms with Gasteiger partial charge < -0.3 is 0 Å². The lowest BCUT2D eigenvalue weighted by atomic mass is 10.1. The van der Waals surface area contributed by atoms with Crippen LogP contribution in [0.2, 0.25) is 0 Å². The zero-order chi connectivity index (χ0) is 19.1. The highest BCUT2D eigenvalue weighted by Crippen LogP contribution is 2.14. The van der Waals surface area contributed by atoms with Crippen molar-refractivity contribution in [2.45, 2.75) is 0 Å². The number of rotatable bonds is 7. The molecule has 0 bridgehead atoms. The third-order valence-corrected chi connectivity index (χ3v) is 3.30. The molecule has 0 saturated carbocycles. The quantitative estimate of drug-likeness (QED) is 0.326. The van der Waals surface area contributed by atoms with E-state index in [0.29, 0.717) is 11.1 Å². The number of ketones is 2. The van der Waals surface area contributed by atoms with E-state index in [1.165, 1.54) is 60.7 Å². The topological polar surface area (TPSA) is 120 Å². The molecule has 0 heterocycles. The molecule has 0 saturated heterocycles. The lowest BCUT2D eigenvalue weighted by Crippen LogP contribution is -2.06. The Kier molecular flexibility index (Phi) is 5.83. The third kappa shape index (κ3) is 5.03. The molecule has 0 fully saturated rings. The zero-order valence-electron chi connectivity index (χ0n) is 13.3. The van der Waals surface area contributed by atoms with Crippen LogP contribution in [0.1, 0.15) is 11.1 Å². The number of hydrogen-bond donors (Lipinski definition) is 0. The Morgan fingerprint density at radius 2 is 0.962 bits per heavy atom. The molecule has 0 N–H and O–H groups in total. The Balaban J connectivity index is 1.99. The van der Waals surface area contributed by atoms with Crippen LogP contribution in [0, 0.1) is 20.2 Å². The normalized spacial score (nSPS) is 10.9. The summed E-state index contributed by atoms with van der Waals surface area (Å²) >= 11 is 0. The third-order valence-electron chi connectivity index (χ3n) is 3.30. The molecular formula is C18H12N2O6. The SMILES string of the molecule is O=C(/C=C/c1ccc([N+](=O)[O-])cc1)C(=O)/C=C/c1ccc([N+](=O)[O-])cc1. The van der Waals surface area contributed by atoms with Gasteiger partial charge in [0.05, 0.1) is 9.85 Å². The van der Waals surface area contributed by atoms with Crippen LogP contribution in [0.3, 0.4) is 0 Å². The molecule has 130 valence electrons. The van der Waals surface area contributed by atoms with Crippen LogP contribution in [-0.2, 0) is 9.59 Å². The number of allylic oxidation sites excluding steroid dienone is 2. The number of non-ortho nitro benzene ring substituents is 2. The molecule has 0 aliphatic carbocycles. The van der Waals surface area contributed by atoms with Crippen molar-refractivity contribution >= 4 is 35.1 Å². The van der Waals surface area contributed by atoms with Crippen LogP contribution >= 0.6 is 0 Å². The van der Waals surface area contributed by atoms with E-state index < -0.39 is 21.4 Å². The predicted octanol–water partition coefficient (Wildman–Crippen LogP) is 3.37. The number of nitro benzene ring substituents is 2. The van der Waals surface area contributed by atoms with Gasteiger partial charge in [0.15, 0.2) is 0 Å². The highest BCUT2D eigenvalue weighted by Gasteiger charge is 2.07. The Labute approximate surface area is 147 Å². The summed E-state index contributed by atoms with van der Waals surface area (Å²) < 4.78 is 0. The molecule has 8 nitrogen and oxygen atoms in total. The number of nitro groups is 2. The minimum absolute atomic E-state index is 0.0735. The minimum Gasteiger partial charge on any atom is -0.286 e. The summed E-state index contributed by atoms with van der Waals surface area (Å²) in [5, 5.41) is 21.1. The molecule has 0 radical (unpaired) electrons. The van der Waals surface area contributed by atoms with Crippen molar-refractivity contribution in [3.8, 4) is 0 Å². The molecule has 0 aliphatic rings. The van der Waals surface area contributed by atoms with Gasteiger partial charge in [0.2, 0.25) is 11.6 Å². The maximum Gasteiger partial charge on any atom is 0.269 e. The van der Waals surface area contributed by atoms with Crippen molar-refractivity contribution in [1.29, 1.82) is 0 Å². The zero-order valence-corrected chi connectivity index (χ0v) is 13.3. The Bertz CT molecular complexity index is 834. The second kappa shape index (κ2) is 8.25. The van der Waals surface area contributed by atoms with Crippen LogP contribution in [0.5, 0.6) is 0 Å². The summed E-state index contributed by atoms with van der Waals surface area (Å²) in [5.74, 6) is -1.52. The molecule has 2 aromatic carbocycles. The summed E-state index contributed by atoms with van der Waals surface area (Å²) in [6.07, 6.45) is 4.90. The van der Waals surface area contributed by atoms with Crippen molar-refractivity contribution in [2.24, 2.45) is 0 Å². The average Bonchev–Trinajstić information content (AvgIpc) is 2.64. The van der Waals surface area contributed by atoms with Gasteiger partial charge in [-0.25, -0.2) is 0 Å². The number of hydrogen-bond acceptors (Lipinski definition) is 6. The van der Waals surface area contributed by atoms with Crippen LogP contribution in [0.4, 0.5) is 11.4 Å². The molecule has 26 heavy (non-hydrogen) atoms. The summed E-state index contributed by atoms with van der Waals surface area (Å²) in [6.45, 7) is 0. The second-order valence-electron chi connectivity index (χ2n) is 5.09. The van der Waals surface area contributed by atoms with Crippen LogP contribution in [0.15, 0.2) is 60.7 Å². The average molecular weight is 352 g/mol. The van der Waals surface area contributed by atoms with E-state index in [1.54, 1.807) is 0 Å². The van der Waals surface area contributed by atoms with Gasteiger partial charge in [-0.05, 0) is 47.5 Å². The van der Waals surface area contributed by atoms with Gasteiger partial charge in [-0.1, -0.05) is 12.2 Å². The van der Waals surface area contributed by atoms with Gasteiger partial charge >= 0.3 is 0 Å². The number of carbonyl (C=O) groups excluding carboxylic acids is 2. The Morgan fingerprint density at radius 1 is 0.654 bits per heavy atom. The first-order chi connectivity index (χ1) is 12.4. The minimum atomic E-state index is -0.762. The number of nitrogens with zero attached hydrogens (tertiary/aromatic N) is 2. The summed E-state index contributed by atoms with van der Waals surface area (Å²) in [7, 11) is 0. The molecule has 0 aliphatic heterocycles. The lowest BCUT2D eigenvalue weighted by Gasteiger charge is -1.94. The van der Waals surface area contributed by atoms with Crippen molar-refractivity contribution in [2.75, 3.05) is 0 Å².